The van der Waals surface area contributed by atoms with E-state index in [2.05, 4.69) is 61.2 Å². The summed E-state index contributed by atoms with van der Waals surface area (Å²) in [4.78, 5) is 33.8. The monoisotopic (exact) mass is 651 g/mol. The Balaban J connectivity index is 0.000000213. The van der Waals surface area contributed by atoms with Crippen LogP contribution in [0.3, 0.4) is 0 Å². The first-order chi connectivity index (χ1) is 23.2. The zero-order chi connectivity index (χ0) is 33.8. The molecule has 0 spiro atoms. The van der Waals surface area contributed by atoms with Gasteiger partial charge in [-0.1, -0.05) is 30.3 Å². The smallest absolute Gasteiger partial charge is 0.257 e. The van der Waals surface area contributed by atoms with Gasteiger partial charge in [0.25, 0.3) is 5.91 Å². The van der Waals surface area contributed by atoms with Crippen molar-refractivity contribution in [2.45, 2.75) is 82.1 Å². The molecule has 1 saturated carbocycles. The number of nitrogens with zero attached hydrogens (tertiary/aromatic N) is 3. The van der Waals surface area contributed by atoms with E-state index in [-0.39, 0.29) is 12.0 Å². The van der Waals surface area contributed by atoms with Gasteiger partial charge in [-0.15, -0.1) is 0 Å². The number of halogens is 1. The van der Waals surface area contributed by atoms with E-state index in [4.69, 9.17) is 5.73 Å². The van der Waals surface area contributed by atoms with Gasteiger partial charge < -0.3 is 26.6 Å². The van der Waals surface area contributed by atoms with E-state index in [9.17, 15) is 14.0 Å². The van der Waals surface area contributed by atoms with Crippen molar-refractivity contribution < 1.29 is 14.0 Å². The zero-order valence-corrected chi connectivity index (χ0v) is 28.0. The number of aromatic nitrogens is 1. The molecule has 2 amide bonds. The summed E-state index contributed by atoms with van der Waals surface area (Å²) in [6.07, 6.45) is 9.19. The first kappa shape index (κ1) is 33.3. The number of carbonyl (C=O) groups excluding carboxylic acids is 2. The molecule has 10 heteroatoms. The third-order valence-electron chi connectivity index (χ3n) is 10.2. The Morgan fingerprint density at radius 3 is 2.58 bits per heavy atom. The van der Waals surface area contributed by atoms with Gasteiger partial charge in [0.15, 0.2) is 5.67 Å². The van der Waals surface area contributed by atoms with Gasteiger partial charge in [0.1, 0.15) is 5.82 Å². The summed E-state index contributed by atoms with van der Waals surface area (Å²) in [7, 11) is 1.72. The number of amides is 2. The first-order valence-electron chi connectivity index (χ1n) is 17.0. The number of aliphatic imine (C=N–C) groups is 1. The Morgan fingerprint density at radius 2 is 1.94 bits per heavy atom. The highest BCUT2D eigenvalue weighted by Gasteiger charge is 2.51. The van der Waals surface area contributed by atoms with Crippen LogP contribution in [0.5, 0.6) is 0 Å². The van der Waals surface area contributed by atoms with E-state index in [1.807, 2.05) is 44.3 Å². The number of anilines is 2. The SMILES string of the molecule is CC(NC(=O)C1(F)CC1)[C@@H]1CCCc2ccc(-c3ccnc(N4CC5C[C@H]4CN5)c3)cc21.CN=C(/C(C)=C\N)c1ccc(NC=O)cc1. The Labute approximate surface area is 282 Å². The second-order valence-corrected chi connectivity index (χ2v) is 13.5. The molecular formula is C38H46FN7O2. The molecule has 4 atom stereocenters. The maximum absolute atomic E-state index is 14.2. The van der Waals surface area contributed by atoms with Crippen LogP contribution in [0.15, 0.2) is 77.6 Å². The number of alkyl halides is 1. The fourth-order valence-electron chi connectivity index (χ4n) is 7.31. The molecule has 48 heavy (non-hydrogen) atoms. The fourth-order valence-corrected chi connectivity index (χ4v) is 7.31. The first-order valence-corrected chi connectivity index (χ1v) is 17.0. The summed E-state index contributed by atoms with van der Waals surface area (Å²) >= 11 is 0. The van der Waals surface area contributed by atoms with Crippen molar-refractivity contribution >= 4 is 29.5 Å². The Kier molecular flexibility index (Phi) is 9.91. The lowest BCUT2D eigenvalue weighted by molar-refractivity contribution is -0.128. The number of rotatable bonds is 9. The molecule has 2 aliphatic heterocycles. The van der Waals surface area contributed by atoms with Crippen molar-refractivity contribution in [3.05, 3.63) is 89.3 Å². The lowest BCUT2D eigenvalue weighted by atomic mass is 9.78. The highest BCUT2D eigenvalue weighted by atomic mass is 19.1. The van der Waals surface area contributed by atoms with Gasteiger partial charge in [-0.05, 0) is 111 Å². The summed E-state index contributed by atoms with van der Waals surface area (Å²) in [5.41, 5.74) is 12.3. The molecule has 2 bridgehead atoms. The van der Waals surface area contributed by atoms with Crippen LogP contribution < -0.4 is 26.6 Å². The van der Waals surface area contributed by atoms with E-state index in [0.717, 1.165) is 60.7 Å². The van der Waals surface area contributed by atoms with Crippen molar-refractivity contribution in [3.8, 4) is 11.1 Å². The van der Waals surface area contributed by atoms with Gasteiger partial charge >= 0.3 is 0 Å². The van der Waals surface area contributed by atoms with Crippen molar-refractivity contribution in [2.24, 2.45) is 10.7 Å². The molecule has 7 rings (SSSR count). The second-order valence-electron chi connectivity index (χ2n) is 13.5. The molecule has 1 aromatic heterocycles. The number of hydrogen-bond donors (Lipinski definition) is 4. The average Bonchev–Trinajstić information content (AvgIpc) is 3.51. The fraction of sp³-hybridized carbons (Fsp3) is 0.421. The van der Waals surface area contributed by atoms with E-state index in [1.165, 1.54) is 34.9 Å². The molecule has 5 N–H and O–H groups in total. The number of allylic oxidation sites excluding steroid dienone is 1. The minimum Gasteiger partial charge on any atom is -0.404 e. The van der Waals surface area contributed by atoms with Crippen LogP contribution >= 0.6 is 0 Å². The molecule has 252 valence electrons. The summed E-state index contributed by atoms with van der Waals surface area (Å²) in [5, 5.41) is 9.11. The van der Waals surface area contributed by atoms with Gasteiger partial charge in [0.05, 0.1) is 5.71 Å². The minimum atomic E-state index is -1.62. The zero-order valence-electron chi connectivity index (χ0n) is 28.0. The number of carbonyl (C=O) groups is 2. The van der Waals surface area contributed by atoms with Gasteiger partial charge in [0.2, 0.25) is 6.41 Å². The second kappa shape index (κ2) is 14.3. The molecule has 2 unspecified atom stereocenters. The lowest BCUT2D eigenvalue weighted by Gasteiger charge is -2.32. The van der Waals surface area contributed by atoms with Crippen LogP contribution in [0.25, 0.3) is 11.1 Å². The number of benzene rings is 2. The number of nitrogens with two attached hydrogens (primary N) is 1. The number of piperazine rings is 1. The van der Waals surface area contributed by atoms with Crippen LogP contribution in [-0.2, 0) is 16.0 Å². The molecule has 0 radical (unpaired) electrons. The van der Waals surface area contributed by atoms with Crippen LogP contribution in [0.1, 0.15) is 68.6 Å². The molecule has 3 heterocycles. The minimum absolute atomic E-state index is 0.0781. The molecule has 3 fully saturated rings. The van der Waals surface area contributed by atoms with E-state index >= 15 is 0 Å². The van der Waals surface area contributed by atoms with E-state index in [1.54, 1.807) is 7.05 Å². The van der Waals surface area contributed by atoms with Gasteiger partial charge in [-0.25, -0.2) is 9.37 Å². The Bertz CT molecular complexity index is 1700. The van der Waals surface area contributed by atoms with E-state index < -0.39 is 11.6 Å². The van der Waals surface area contributed by atoms with E-state index in [0.29, 0.717) is 31.3 Å². The predicted molar refractivity (Wildman–Crippen MR) is 190 cm³/mol. The summed E-state index contributed by atoms with van der Waals surface area (Å²) in [6.45, 7) is 6.00. The van der Waals surface area contributed by atoms with Gasteiger partial charge in [-0.2, -0.15) is 0 Å². The number of nitrogens with one attached hydrogen (secondary N) is 3. The Morgan fingerprint density at radius 1 is 1.17 bits per heavy atom. The van der Waals surface area contributed by atoms with Crippen LogP contribution in [-0.4, -0.2) is 66.9 Å². The molecule has 2 aliphatic carbocycles. The molecule has 9 nitrogen and oxygen atoms in total. The van der Waals surface area contributed by atoms with Crippen molar-refractivity contribution in [3.63, 3.8) is 0 Å². The summed E-state index contributed by atoms with van der Waals surface area (Å²) in [6, 6.07) is 19.5. The third kappa shape index (κ3) is 7.13. The number of pyridine rings is 1. The standard InChI is InChI=1S/C26H31FN4O.C12H15N3O/c1-16(30-25(32)26(27)8-9-26)22-4-2-3-17-5-6-18(11-23(17)22)19-7-10-28-24(12-19)31-15-20-13-21(31)14-29-20;1-9(7-13)12(14-2)10-3-5-11(6-4-10)15-8-16/h5-7,10-12,16,20-22,29H,2-4,8-9,13-15H2,1H3,(H,30,32);3-8H,13H2,1-2H3,(H,15,16)/b;9-7-,14-12?/t16?,20?,21-,22-;/m0./s1. The number of hydrogen-bond acceptors (Lipinski definition) is 7. The highest BCUT2D eigenvalue weighted by molar-refractivity contribution is 6.12. The largest absolute Gasteiger partial charge is 0.404 e. The normalized spacial score (nSPS) is 23.0. The summed E-state index contributed by atoms with van der Waals surface area (Å²) in [5.74, 6) is 0.845. The van der Waals surface area contributed by atoms with Crippen LogP contribution in [0.4, 0.5) is 15.9 Å². The van der Waals surface area contributed by atoms with Crippen LogP contribution in [0, 0.1) is 0 Å². The van der Waals surface area contributed by atoms with Crippen molar-refractivity contribution in [1.29, 1.82) is 0 Å². The van der Waals surface area contributed by atoms with Gasteiger partial charge in [-0.3, -0.25) is 14.6 Å². The van der Waals surface area contributed by atoms with Crippen LogP contribution in [0.2, 0.25) is 0 Å². The highest BCUT2D eigenvalue weighted by Crippen LogP contribution is 2.41. The molecule has 2 saturated heterocycles. The molecule has 3 aromatic rings. The average molecular weight is 652 g/mol. The topological polar surface area (TPSA) is 125 Å². The quantitative estimate of drug-likeness (QED) is 0.185. The number of aryl methyl sites for hydroxylation is 1. The van der Waals surface area contributed by atoms with Gasteiger partial charge in [0, 0.05) is 61.6 Å². The molecule has 4 aliphatic rings. The summed E-state index contributed by atoms with van der Waals surface area (Å²) < 4.78 is 14.2. The molecular weight excluding hydrogens is 605 g/mol. The third-order valence-corrected chi connectivity index (χ3v) is 10.2. The van der Waals surface area contributed by atoms with Crippen molar-refractivity contribution in [2.75, 3.05) is 30.4 Å². The predicted octanol–water partition coefficient (Wildman–Crippen LogP) is 5.26. The Hall–Kier alpha value is -4.57. The maximum Gasteiger partial charge on any atom is 0.257 e. The van der Waals surface area contributed by atoms with Crippen molar-refractivity contribution in [1.82, 2.24) is 15.6 Å². The number of fused-ring (bicyclic) bond motifs is 3. The molecule has 2 aromatic carbocycles. The maximum atomic E-state index is 14.2. The lowest BCUT2D eigenvalue weighted by Crippen LogP contribution is -2.43.